The predicted octanol–water partition coefficient (Wildman–Crippen LogP) is 5.99. The highest BCUT2D eigenvalue weighted by atomic mass is 19.4. The molecule has 0 saturated carbocycles. The fourth-order valence-corrected chi connectivity index (χ4v) is 7.21. The minimum Gasteiger partial charge on any atom is -0.448 e. The summed E-state index contributed by atoms with van der Waals surface area (Å²) in [5.41, 5.74) is 8.51. The van der Waals surface area contributed by atoms with E-state index in [0.29, 0.717) is 48.1 Å². The van der Waals surface area contributed by atoms with Gasteiger partial charge in [-0.05, 0) is 47.4 Å². The maximum Gasteiger partial charge on any atom is 0.418 e. The summed E-state index contributed by atoms with van der Waals surface area (Å²) in [4.78, 5) is 38.2. The Morgan fingerprint density at radius 3 is 2.26 bits per heavy atom. The van der Waals surface area contributed by atoms with Crippen molar-refractivity contribution < 1.29 is 22.7 Å². The van der Waals surface area contributed by atoms with Crippen LogP contribution in [0.15, 0.2) is 78.1 Å². The quantitative estimate of drug-likeness (QED) is 0.213. The molecule has 0 bridgehead atoms. The Labute approximate surface area is 303 Å². The molecule has 5 heterocycles. The van der Waals surface area contributed by atoms with Gasteiger partial charge in [0.15, 0.2) is 0 Å². The topological polar surface area (TPSA) is 129 Å². The number of nitrogens with zero attached hydrogens (tertiary/aromatic N) is 8. The van der Waals surface area contributed by atoms with Gasteiger partial charge in [-0.15, -0.1) is 0 Å². The summed E-state index contributed by atoms with van der Waals surface area (Å²) in [7, 11) is 3.42. The molecule has 7 rings (SSSR count). The molecule has 276 valence electrons. The summed E-state index contributed by atoms with van der Waals surface area (Å²) < 4.78 is 54.2. The van der Waals surface area contributed by atoms with Gasteiger partial charge in [0.25, 0.3) is 0 Å². The zero-order valence-corrected chi connectivity index (χ0v) is 30.1. The predicted molar refractivity (Wildman–Crippen MR) is 197 cm³/mol. The van der Waals surface area contributed by atoms with Crippen LogP contribution in [-0.4, -0.2) is 78.7 Å². The van der Waals surface area contributed by atoms with Crippen LogP contribution in [0.3, 0.4) is 0 Å². The van der Waals surface area contributed by atoms with Crippen LogP contribution in [-0.2, 0) is 25.0 Å². The first-order chi connectivity index (χ1) is 25.1. The van der Waals surface area contributed by atoms with Crippen molar-refractivity contribution in [2.45, 2.75) is 33.0 Å². The number of anilines is 1. The van der Waals surface area contributed by atoms with Crippen LogP contribution < -0.4 is 16.3 Å². The second-order valence-electron chi connectivity index (χ2n) is 14.5. The van der Waals surface area contributed by atoms with Gasteiger partial charge in [0.05, 0.1) is 45.9 Å². The normalized spacial score (nSPS) is 15.0. The van der Waals surface area contributed by atoms with Crippen LogP contribution in [0.4, 0.5) is 23.7 Å². The van der Waals surface area contributed by atoms with E-state index in [1.807, 2.05) is 64.3 Å². The van der Waals surface area contributed by atoms with Crippen molar-refractivity contribution in [3.05, 3.63) is 89.4 Å². The van der Waals surface area contributed by atoms with E-state index >= 15 is 0 Å². The zero-order valence-electron chi connectivity index (χ0n) is 30.1. The van der Waals surface area contributed by atoms with Crippen molar-refractivity contribution in [3.63, 3.8) is 0 Å². The van der Waals surface area contributed by atoms with Gasteiger partial charge < -0.3 is 15.4 Å². The van der Waals surface area contributed by atoms with Crippen molar-refractivity contribution in [3.8, 4) is 28.1 Å². The molecule has 4 aromatic heterocycles. The van der Waals surface area contributed by atoms with Crippen LogP contribution in [0.2, 0.25) is 0 Å². The number of benzene rings is 2. The van der Waals surface area contributed by atoms with Gasteiger partial charge in [-0.3, -0.25) is 28.7 Å². The molecular formula is C38H40F3N9O3. The molecule has 0 aliphatic carbocycles. The maximum atomic E-state index is 14.9. The number of aryl methyl sites for hydroxylation is 2. The lowest BCUT2D eigenvalue weighted by Gasteiger charge is -2.45. The summed E-state index contributed by atoms with van der Waals surface area (Å²) in [6.07, 6.45) is 1.36. The number of hydrogen-bond donors (Lipinski definition) is 1. The summed E-state index contributed by atoms with van der Waals surface area (Å²) in [6.45, 7) is 7.67. The molecule has 2 N–H and O–H groups in total. The maximum absolute atomic E-state index is 14.9. The molecule has 0 radical (unpaired) electrons. The fourth-order valence-electron chi connectivity index (χ4n) is 7.21. The monoisotopic (exact) mass is 727 g/mol. The Morgan fingerprint density at radius 1 is 0.906 bits per heavy atom. The van der Waals surface area contributed by atoms with Crippen LogP contribution in [0.25, 0.3) is 50.0 Å². The lowest BCUT2D eigenvalue weighted by molar-refractivity contribution is -0.137. The van der Waals surface area contributed by atoms with E-state index < -0.39 is 23.5 Å². The highest BCUT2D eigenvalue weighted by molar-refractivity contribution is 6.04. The number of alkyl halides is 3. The van der Waals surface area contributed by atoms with Crippen molar-refractivity contribution in [1.82, 2.24) is 33.8 Å². The number of hydrogen-bond acceptors (Lipinski definition) is 8. The van der Waals surface area contributed by atoms with E-state index in [4.69, 9.17) is 10.5 Å². The van der Waals surface area contributed by atoms with E-state index in [1.54, 1.807) is 41.3 Å². The molecule has 1 fully saturated rings. The van der Waals surface area contributed by atoms with E-state index in [9.17, 15) is 22.8 Å². The highest BCUT2D eigenvalue weighted by Crippen LogP contribution is 2.40. The average molecular weight is 728 g/mol. The number of piperazine rings is 1. The summed E-state index contributed by atoms with van der Waals surface area (Å²) in [5.74, 6) is 0. The summed E-state index contributed by atoms with van der Waals surface area (Å²) in [5, 5.41) is 4.82. The lowest BCUT2D eigenvalue weighted by Crippen LogP contribution is -2.56. The number of ether oxygens (including phenoxy) is 1. The van der Waals surface area contributed by atoms with Gasteiger partial charge in [-0.25, -0.2) is 9.59 Å². The Hall–Kier alpha value is -5.70. The molecule has 53 heavy (non-hydrogen) atoms. The molecular weight excluding hydrogens is 687 g/mol. The largest absolute Gasteiger partial charge is 0.448 e. The smallest absolute Gasteiger partial charge is 0.418 e. The van der Waals surface area contributed by atoms with Crippen molar-refractivity contribution in [2.24, 2.45) is 25.2 Å². The van der Waals surface area contributed by atoms with E-state index in [-0.39, 0.29) is 29.4 Å². The molecule has 12 nitrogen and oxygen atoms in total. The Kier molecular flexibility index (Phi) is 9.00. The molecule has 1 unspecified atom stereocenters. The fraction of sp³-hybridized carbons (Fsp3) is 0.342. The number of aromatic nitrogens is 6. The second-order valence-corrected chi connectivity index (χ2v) is 14.5. The third-order valence-corrected chi connectivity index (χ3v) is 10.0. The van der Waals surface area contributed by atoms with Crippen LogP contribution >= 0.6 is 0 Å². The van der Waals surface area contributed by atoms with Gasteiger partial charge >= 0.3 is 18.0 Å². The first-order valence-electron chi connectivity index (χ1n) is 17.2. The minimum atomic E-state index is -4.70. The van der Waals surface area contributed by atoms with Gasteiger partial charge in [-0.2, -0.15) is 18.3 Å². The van der Waals surface area contributed by atoms with Crippen LogP contribution in [0.1, 0.15) is 26.3 Å². The van der Waals surface area contributed by atoms with Gasteiger partial charge in [0.2, 0.25) is 0 Å². The minimum absolute atomic E-state index is 0.0333. The van der Waals surface area contributed by atoms with Crippen molar-refractivity contribution >= 4 is 33.7 Å². The molecule has 1 aliphatic rings. The molecule has 1 aliphatic heterocycles. The highest BCUT2D eigenvalue weighted by Gasteiger charge is 2.38. The molecule has 6 aromatic rings. The third kappa shape index (κ3) is 6.83. The third-order valence-electron chi connectivity index (χ3n) is 10.0. The number of primary amides is 1. The van der Waals surface area contributed by atoms with E-state index in [0.717, 1.165) is 28.5 Å². The standard InChI is InChI=1S/C38H40F3N9O3/c1-37(2,3)33(22-53-35(42)51)49-14-12-48(13-15-49)31-11-8-26(17-28(31)38(39,40)41)50-34-27-16-23(6-10-30(27)44-20-32(34)47(5)36(50)52)24-7-9-29(43-18-24)25-19-45-46(4)21-25/h6-11,16-21,33H,12-15,22H2,1-5H3,(H2,42,51). The molecule has 1 saturated heterocycles. The number of carbonyl (C=O) groups is 1. The second kappa shape index (κ2) is 13.4. The van der Waals surface area contributed by atoms with Crippen molar-refractivity contribution in [1.29, 1.82) is 0 Å². The number of imidazole rings is 1. The molecule has 0 spiro atoms. The Morgan fingerprint density at radius 2 is 1.64 bits per heavy atom. The van der Waals surface area contributed by atoms with E-state index in [2.05, 4.69) is 20.0 Å². The summed E-state index contributed by atoms with van der Waals surface area (Å²) >= 11 is 0. The van der Waals surface area contributed by atoms with Gasteiger partial charge in [0, 0.05) is 80.9 Å². The first-order valence-corrected chi connectivity index (χ1v) is 17.2. The molecule has 1 amide bonds. The SMILES string of the molecule is Cn1cc(-c2ccc(-c3ccc4ncc5c(c4c3)n(-c3ccc(N4CCN(C(COC(N)=O)C(C)(C)C)CC4)c(C(F)(F)F)c3)c(=O)n5C)cn2)cn1. The molecule has 1 atom stereocenters. The number of rotatable bonds is 7. The van der Waals surface area contributed by atoms with Gasteiger partial charge in [0.1, 0.15) is 6.61 Å². The van der Waals surface area contributed by atoms with Gasteiger partial charge in [-0.1, -0.05) is 32.9 Å². The zero-order chi connectivity index (χ0) is 37.8. The average Bonchev–Trinajstić information content (AvgIpc) is 3.67. The summed E-state index contributed by atoms with van der Waals surface area (Å²) in [6, 6.07) is 13.3. The van der Waals surface area contributed by atoms with Crippen LogP contribution in [0.5, 0.6) is 0 Å². The number of pyridine rings is 2. The number of fused-ring (bicyclic) bond motifs is 3. The van der Waals surface area contributed by atoms with Crippen LogP contribution in [0, 0.1) is 5.41 Å². The number of nitrogens with two attached hydrogens (primary N) is 1. The number of amides is 1. The molecule has 2 aromatic carbocycles. The first kappa shape index (κ1) is 35.7. The van der Waals surface area contributed by atoms with E-state index in [1.165, 1.54) is 15.2 Å². The Bertz CT molecular complexity index is 2380. The molecule has 15 heteroatoms. The number of halogens is 3. The number of carbonyl (C=O) groups excluding carboxylic acids is 1. The lowest BCUT2D eigenvalue weighted by atomic mass is 9.85. The van der Waals surface area contributed by atoms with Crippen molar-refractivity contribution in [2.75, 3.05) is 37.7 Å². The Balaban J connectivity index is 1.25.